The number of esters is 2. The van der Waals surface area contributed by atoms with Crippen LogP contribution >= 0.6 is 0 Å². The first-order valence-electron chi connectivity index (χ1n) is 12.3. The third-order valence-electron chi connectivity index (χ3n) is 10.4. The third kappa shape index (κ3) is 3.06. The number of fused-ring (bicyclic) bond motifs is 5. The average molecular weight is 465 g/mol. The first kappa shape index (κ1) is 23.1. The highest BCUT2D eigenvalue weighted by molar-refractivity contribution is 5.89. The molecule has 9 atom stereocenters. The van der Waals surface area contributed by atoms with Gasteiger partial charge in [0, 0.05) is 29.9 Å². The molecule has 4 N–H and O–H groups in total. The van der Waals surface area contributed by atoms with Crippen molar-refractivity contribution in [3.8, 4) is 0 Å². The molecular formula is C25H36O8. The smallest absolute Gasteiger partial charge is 0.373 e. The van der Waals surface area contributed by atoms with Crippen LogP contribution in [-0.4, -0.2) is 63.4 Å². The summed E-state index contributed by atoms with van der Waals surface area (Å²) in [6.07, 6.45) is 3.86. The van der Waals surface area contributed by atoms with Crippen LogP contribution in [0.3, 0.4) is 0 Å². The zero-order valence-corrected chi connectivity index (χ0v) is 19.5. The second kappa shape index (κ2) is 7.68. The van der Waals surface area contributed by atoms with Crippen molar-refractivity contribution in [3.05, 3.63) is 11.3 Å². The molecule has 33 heavy (non-hydrogen) atoms. The molecule has 4 aliphatic carbocycles. The molecule has 1 aliphatic heterocycles. The molecule has 0 aromatic carbocycles. The van der Waals surface area contributed by atoms with E-state index in [0.29, 0.717) is 37.7 Å². The van der Waals surface area contributed by atoms with Crippen molar-refractivity contribution < 1.29 is 39.5 Å². The lowest BCUT2D eigenvalue weighted by Crippen LogP contribution is -2.65. The molecule has 1 heterocycles. The van der Waals surface area contributed by atoms with Crippen LogP contribution in [0, 0.1) is 34.5 Å². The van der Waals surface area contributed by atoms with E-state index in [1.807, 2.05) is 0 Å². The third-order valence-corrected chi connectivity index (χ3v) is 10.4. The number of cyclic esters (lactones) is 1. The van der Waals surface area contributed by atoms with Gasteiger partial charge >= 0.3 is 11.9 Å². The van der Waals surface area contributed by atoms with Crippen molar-refractivity contribution in [3.63, 3.8) is 0 Å². The summed E-state index contributed by atoms with van der Waals surface area (Å²) in [6.45, 7) is 3.45. The lowest BCUT2D eigenvalue weighted by Gasteiger charge is -2.64. The number of ether oxygens (including phenoxy) is 2. The Bertz CT molecular complexity index is 884. The summed E-state index contributed by atoms with van der Waals surface area (Å²) in [7, 11) is 0. The van der Waals surface area contributed by atoms with Gasteiger partial charge in [-0.3, -0.25) is 4.79 Å². The van der Waals surface area contributed by atoms with Gasteiger partial charge in [-0.1, -0.05) is 6.92 Å². The fraction of sp³-hybridized carbons (Fsp3) is 0.840. The lowest BCUT2D eigenvalue weighted by molar-refractivity contribution is -0.233. The number of carbonyl (C=O) groups excluding carboxylic acids is 2. The van der Waals surface area contributed by atoms with E-state index in [9.17, 15) is 30.0 Å². The molecule has 4 fully saturated rings. The van der Waals surface area contributed by atoms with Crippen molar-refractivity contribution in [2.75, 3.05) is 13.2 Å². The zero-order chi connectivity index (χ0) is 23.8. The summed E-state index contributed by atoms with van der Waals surface area (Å²) >= 11 is 0. The first-order chi connectivity index (χ1) is 15.6. The fourth-order valence-electron chi connectivity index (χ4n) is 8.87. The molecule has 5 aliphatic rings. The largest absolute Gasteiger partial charge is 0.502 e. The minimum absolute atomic E-state index is 0.0390. The Morgan fingerprint density at radius 1 is 1.18 bits per heavy atom. The van der Waals surface area contributed by atoms with Crippen LogP contribution in [0.5, 0.6) is 0 Å². The van der Waals surface area contributed by atoms with E-state index in [1.54, 1.807) is 0 Å². The molecule has 0 radical (unpaired) electrons. The summed E-state index contributed by atoms with van der Waals surface area (Å²) in [6, 6.07) is 0. The molecular weight excluding hydrogens is 428 g/mol. The van der Waals surface area contributed by atoms with Gasteiger partial charge in [0.2, 0.25) is 5.76 Å². The maximum atomic E-state index is 12.2. The monoisotopic (exact) mass is 464 g/mol. The second-order valence-corrected chi connectivity index (χ2v) is 11.5. The van der Waals surface area contributed by atoms with Crippen molar-refractivity contribution in [2.45, 2.75) is 83.0 Å². The Hall–Kier alpha value is -1.64. The quantitative estimate of drug-likeness (QED) is 0.466. The number of rotatable bonds is 3. The van der Waals surface area contributed by atoms with Crippen LogP contribution in [0.1, 0.15) is 65.2 Å². The number of aliphatic hydroxyl groups excluding tert-OH is 3. The predicted molar refractivity (Wildman–Crippen MR) is 116 cm³/mol. The zero-order valence-electron chi connectivity index (χ0n) is 19.5. The molecule has 1 unspecified atom stereocenters. The number of hydrogen-bond donors (Lipinski definition) is 4. The highest BCUT2D eigenvalue weighted by atomic mass is 16.6. The highest BCUT2D eigenvalue weighted by Gasteiger charge is 2.69. The van der Waals surface area contributed by atoms with Crippen molar-refractivity contribution >= 4 is 11.9 Å². The van der Waals surface area contributed by atoms with Gasteiger partial charge in [-0.25, -0.2) is 4.79 Å². The fourth-order valence-corrected chi connectivity index (χ4v) is 8.87. The van der Waals surface area contributed by atoms with Crippen LogP contribution in [0.25, 0.3) is 0 Å². The van der Waals surface area contributed by atoms with E-state index < -0.39 is 40.6 Å². The normalized spacial score (nSPS) is 49.2. The van der Waals surface area contributed by atoms with E-state index in [0.717, 1.165) is 19.3 Å². The predicted octanol–water partition coefficient (Wildman–Crippen LogP) is 2.00. The van der Waals surface area contributed by atoms with Crippen molar-refractivity contribution in [1.29, 1.82) is 0 Å². The highest BCUT2D eigenvalue weighted by Crippen LogP contribution is 2.70. The lowest BCUT2D eigenvalue weighted by atomic mass is 9.42. The summed E-state index contributed by atoms with van der Waals surface area (Å²) in [5, 5.41) is 44.1. The molecule has 5 rings (SSSR count). The van der Waals surface area contributed by atoms with Gasteiger partial charge in [0.25, 0.3) is 0 Å². The molecule has 184 valence electrons. The van der Waals surface area contributed by atoms with E-state index in [1.165, 1.54) is 6.92 Å². The number of hydrogen-bond acceptors (Lipinski definition) is 8. The summed E-state index contributed by atoms with van der Waals surface area (Å²) in [4.78, 5) is 23.3. The Kier molecular flexibility index (Phi) is 5.38. The molecule has 8 heteroatoms. The molecule has 0 amide bonds. The van der Waals surface area contributed by atoms with Crippen molar-refractivity contribution in [1.82, 2.24) is 0 Å². The van der Waals surface area contributed by atoms with E-state index in [2.05, 4.69) is 6.92 Å². The van der Waals surface area contributed by atoms with Gasteiger partial charge in [0.1, 0.15) is 12.7 Å². The summed E-state index contributed by atoms with van der Waals surface area (Å²) < 4.78 is 10.5. The summed E-state index contributed by atoms with van der Waals surface area (Å²) in [5.41, 5.74) is -1.38. The Morgan fingerprint density at radius 2 is 1.94 bits per heavy atom. The van der Waals surface area contributed by atoms with Gasteiger partial charge in [-0.15, -0.1) is 0 Å². The van der Waals surface area contributed by atoms with Gasteiger partial charge in [-0.05, 0) is 75.0 Å². The molecule has 4 saturated carbocycles. The minimum Gasteiger partial charge on any atom is -0.502 e. The van der Waals surface area contributed by atoms with E-state index in [-0.39, 0.29) is 42.6 Å². The van der Waals surface area contributed by atoms with Crippen LogP contribution in [-0.2, 0) is 19.1 Å². The van der Waals surface area contributed by atoms with Crippen molar-refractivity contribution in [2.24, 2.45) is 34.5 Å². The Labute approximate surface area is 194 Å². The molecule has 0 aromatic heterocycles. The topological polar surface area (TPSA) is 134 Å². The standard InChI is InChI=1S/C25H36O8/c1-13(27)33-20-9-14-3-4-18-17(24(14,12-26)10-19(20)28)5-7-23(2)16(6-8-25(18,23)31)15-11-32-22(30)21(15)29/h14,16-20,26,28-29,31H,3-12H2,1-2H3/t14-,16-,17+,18-,19?,20-,23-,24-,25+/m1/s1. The van der Waals surface area contributed by atoms with Gasteiger partial charge < -0.3 is 29.9 Å². The van der Waals surface area contributed by atoms with Crippen LogP contribution in [0.4, 0.5) is 0 Å². The number of aliphatic hydroxyl groups is 4. The SMILES string of the molecule is CC(=O)O[C@@H]1C[C@H]2CC[C@@H]3[C@H](CC[C@]4(C)[C@@H](C5=C(O)C(=O)OC5)CC[C@]34O)[C@@]2(CO)CC1O. The van der Waals surface area contributed by atoms with Gasteiger partial charge in [-0.2, -0.15) is 0 Å². The van der Waals surface area contributed by atoms with Crippen LogP contribution in [0.2, 0.25) is 0 Å². The maximum Gasteiger partial charge on any atom is 0.373 e. The maximum absolute atomic E-state index is 12.2. The van der Waals surface area contributed by atoms with Gasteiger partial charge in [0.05, 0.1) is 11.7 Å². The van der Waals surface area contributed by atoms with E-state index in [4.69, 9.17) is 9.47 Å². The molecule has 0 bridgehead atoms. The minimum atomic E-state index is -0.982. The molecule has 8 nitrogen and oxygen atoms in total. The molecule has 0 saturated heterocycles. The Balaban J connectivity index is 1.45. The molecule has 0 aromatic rings. The first-order valence-corrected chi connectivity index (χ1v) is 12.3. The number of carbonyl (C=O) groups is 2. The second-order valence-electron chi connectivity index (χ2n) is 11.5. The van der Waals surface area contributed by atoms with Crippen LogP contribution in [0.15, 0.2) is 11.3 Å². The Morgan fingerprint density at radius 3 is 2.58 bits per heavy atom. The van der Waals surface area contributed by atoms with Gasteiger partial charge in [0.15, 0.2) is 0 Å². The summed E-state index contributed by atoms with van der Waals surface area (Å²) in [5.74, 6) is -1.38. The average Bonchev–Trinajstić information content (AvgIpc) is 3.23. The van der Waals surface area contributed by atoms with E-state index >= 15 is 0 Å². The van der Waals surface area contributed by atoms with Crippen LogP contribution < -0.4 is 0 Å². The molecule has 0 spiro atoms.